The van der Waals surface area contributed by atoms with Crippen LogP contribution in [0.3, 0.4) is 0 Å². The van der Waals surface area contributed by atoms with Crippen LogP contribution in [0, 0.1) is 0 Å². The number of aromatic amines is 1. The zero-order valence-electron chi connectivity index (χ0n) is 10.0. The third-order valence-electron chi connectivity index (χ3n) is 2.61. The van der Waals surface area contributed by atoms with Crippen LogP contribution in [0.1, 0.15) is 12.2 Å². The molecule has 1 aromatic carbocycles. The molecule has 1 aromatic heterocycles. The highest BCUT2D eigenvalue weighted by Crippen LogP contribution is 2.20. The van der Waals surface area contributed by atoms with Gasteiger partial charge in [0.05, 0.1) is 25.4 Å². The topological polar surface area (TPSA) is 75.2 Å². The Bertz CT molecular complexity index is 531. The number of aryl methyl sites for hydroxylation is 1. The van der Waals surface area contributed by atoms with Gasteiger partial charge in [-0.15, -0.1) is 0 Å². The van der Waals surface area contributed by atoms with Crippen LogP contribution >= 0.6 is 0 Å². The molecule has 0 aliphatic carbocycles. The summed E-state index contributed by atoms with van der Waals surface area (Å²) in [4.78, 5) is 17.7. The van der Waals surface area contributed by atoms with Gasteiger partial charge < -0.3 is 14.8 Å². The Hall–Kier alpha value is -2.30. The number of rotatable bonds is 5. The first-order chi connectivity index (χ1) is 8.69. The van der Waals surface area contributed by atoms with Crippen LogP contribution in [0.5, 0.6) is 5.75 Å². The van der Waals surface area contributed by atoms with Crippen LogP contribution in [0.4, 0.5) is 0 Å². The summed E-state index contributed by atoms with van der Waals surface area (Å²) in [6.07, 6.45) is 2.19. The molecule has 0 saturated carbocycles. The van der Waals surface area contributed by atoms with Crippen molar-refractivity contribution >= 4 is 5.97 Å². The molecule has 18 heavy (non-hydrogen) atoms. The molecule has 0 atom stereocenters. The summed E-state index contributed by atoms with van der Waals surface area (Å²) in [5.41, 5.74) is 1.86. The van der Waals surface area contributed by atoms with E-state index in [1.54, 1.807) is 13.3 Å². The van der Waals surface area contributed by atoms with Gasteiger partial charge in [0.15, 0.2) is 0 Å². The minimum absolute atomic E-state index is 0.0789. The highest BCUT2D eigenvalue weighted by Gasteiger charge is 2.05. The first-order valence-electron chi connectivity index (χ1n) is 5.59. The number of aromatic nitrogens is 2. The first kappa shape index (κ1) is 12.2. The van der Waals surface area contributed by atoms with Gasteiger partial charge in [0.1, 0.15) is 11.6 Å². The van der Waals surface area contributed by atoms with Crippen molar-refractivity contribution in [2.75, 3.05) is 7.11 Å². The highest BCUT2D eigenvalue weighted by atomic mass is 16.5. The number of H-pyrrole nitrogens is 1. The first-order valence-corrected chi connectivity index (χ1v) is 5.59. The number of carbonyl (C=O) groups is 1. The summed E-state index contributed by atoms with van der Waals surface area (Å²) in [5, 5.41) is 8.60. The molecule has 0 bridgehead atoms. The van der Waals surface area contributed by atoms with Gasteiger partial charge in [-0.1, -0.05) is 0 Å². The van der Waals surface area contributed by atoms with E-state index in [9.17, 15) is 4.79 Å². The molecule has 0 aliphatic heterocycles. The monoisotopic (exact) mass is 246 g/mol. The van der Waals surface area contributed by atoms with Crippen LogP contribution in [-0.4, -0.2) is 28.2 Å². The number of aliphatic carboxylic acids is 1. The molecule has 0 unspecified atom stereocenters. The third kappa shape index (κ3) is 2.88. The lowest BCUT2D eigenvalue weighted by molar-refractivity contribution is -0.137. The molecule has 0 amide bonds. The summed E-state index contributed by atoms with van der Waals surface area (Å²) in [7, 11) is 1.62. The molecule has 1 heterocycles. The van der Waals surface area contributed by atoms with Crippen LogP contribution in [0.15, 0.2) is 30.5 Å². The molecule has 2 N–H and O–H groups in total. The average Bonchev–Trinajstić information content (AvgIpc) is 2.85. The number of nitrogens with one attached hydrogen (secondary N) is 1. The number of imidazole rings is 1. The number of hydrogen-bond donors (Lipinski definition) is 2. The number of carboxylic acid groups (broad SMARTS) is 1. The molecule has 0 spiro atoms. The number of carboxylic acids is 1. The van der Waals surface area contributed by atoms with Crippen LogP contribution in [0.2, 0.25) is 0 Å². The second-order valence-electron chi connectivity index (χ2n) is 3.87. The van der Waals surface area contributed by atoms with E-state index in [0.29, 0.717) is 12.2 Å². The van der Waals surface area contributed by atoms with Crippen molar-refractivity contribution in [1.29, 1.82) is 0 Å². The molecule has 5 nitrogen and oxygen atoms in total. The van der Waals surface area contributed by atoms with E-state index in [-0.39, 0.29) is 6.42 Å². The Morgan fingerprint density at radius 3 is 2.72 bits per heavy atom. The SMILES string of the molecule is COc1ccc(-c2cnc(CCC(=O)O)[nH]2)cc1. The third-order valence-corrected chi connectivity index (χ3v) is 2.61. The predicted molar refractivity (Wildman–Crippen MR) is 66.5 cm³/mol. The Labute approximate surface area is 104 Å². The van der Waals surface area contributed by atoms with Crippen molar-refractivity contribution in [3.05, 3.63) is 36.3 Å². The van der Waals surface area contributed by atoms with Gasteiger partial charge in [-0.25, -0.2) is 4.98 Å². The molecule has 0 fully saturated rings. The van der Waals surface area contributed by atoms with Gasteiger partial charge >= 0.3 is 5.97 Å². The number of ether oxygens (including phenoxy) is 1. The van der Waals surface area contributed by atoms with Crippen molar-refractivity contribution < 1.29 is 14.6 Å². The summed E-state index contributed by atoms with van der Waals surface area (Å²) < 4.78 is 5.08. The molecule has 0 saturated heterocycles. The number of methoxy groups -OCH3 is 1. The average molecular weight is 246 g/mol. The Morgan fingerprint density at radius 2 is 2.11 bits per heavy atom. The maximum absolute atomic E-state index is 10.5. The summed E-state index contributed by atoms with van der Waals surface area (Å²) in [6, 6.07) is 7.58. The van der Waals surface area contributed by atoms with Gasteiger partial charge in [0.25, 0.3) is 0 Å². The lowest BCUT2D eigenvalue weighted by atomic mass is 10.2. The smallest absolute Gasteiger partial charge is 0.303 e. The molecule has 2 rings (SSSR count). The van der Waals surface area contributed by atoms with Gasteiger partial charge in [-0.2, -0.15) is 0 Å². The van der Waals surface area contributed by atoms with E-state index in [4.69, 9.17) is 9.84 Å². The fourth-order valence-electron chi connectivity index (χ4n) is 1.63. The molecule has 5 heteroatoms. The number of hydrogen-bond acceptors (Lipinski definition) is 3. The van der Waals surface area contributed by atoms with E-state index in [1.165, 1.54) is 0 Å². The Morgan fingerprint density at radius 1 is 1.39 bits per heavy atom. The van der Waals surface area contributed by atoms with E-state index in [1.807, 2.05) is 24.3 Å². The minimum Gasteiger partial charge on any atom is -0.497 e. The molecule has 94 valence electrons. The van der Waals surface area contributed by atoms with E-state index in [2.05, 4.69) is 9.97 Å². The lowest BCUT2D eigenvalue weighted by Gasteiger charge is -2.01. The van der Waals surface area contributed by atoms with Crippen molar-refractivity contribution in [2.45, 2.75) is 12.8 Å². The normalized spacial score (nSPS) is 10.3. The molecular weight excluding hydrogens is 232 g/mol. The fourth-order valence-corrected chi connectivity index (χ4v) is 1.63. The second-order valence-corrected chi connectivity index (χ2v) is 3.87. The Balaban J connectivity index is 2.10. The zero-order chi connectivity index (χ0) is 13.0. The number of benzene rings is 1. The van der Waals surface area contributed by atoms with Crippen molar-refractivity contribution in [1.82, 2.24) is 9.97 Å². The van der Waals surface area contributed by atoms with Crippen molar-refractivity contribution in [2.24, 2.45) is 0 Å². The molecular formula is C13H14N2O3. The zero-order valence-corrected chi connectivity index (χ0v) is 10.0. The van der Waals surface area contributed by atoms with Gasteiger partial charge in [0, 0.05) is 6.42 Å². The largest absolute Gasteiger partial charge is 0.497 e. The van der Waals surface area contributed by atoms with Gasteiger partial charge in [0.2, 0.25) is 0 Å². The predicted octanol–water partition coefficient (Wildman–Crippen LogP) is 2.10. The van der Waals surface area contributed by atoms with Crippen LogP contribution < -0.4 is 4.74 Å². The van der Waals surface area contributed by atoms with Crippen molar-refractivity contribution in [3.8, 4) is 17.0 Å². The summed E-state index contributed by atoms with van der Waals surface area (Å²) >= 11 is 0. The van der Waals surface area contributed by atoms with Crippen LogP contribution in [0.25, 0.3) is 11.3 Å². The molecule has 0 radical (unpaired) electrons. The molecule has 0 aliphatic rings. The maximum atomic E-state index is 10.5. The van der Waals surface area contributed by atoms with Gasteiger partial charge in [-0.3, -0.25) is 4.79 Å². The lowest BCUT2D eigenvalue weighted by Crippen LogP contribution is -1.98. The summed E-state index contributed by atoms with van der Waals surface area (Å²) in [5.74, 6) is 0.657. The quantitative estimate of drug-likeness (QED) is 0.847. The second kappa shape index (κ2) is 5.35. The highest BCUT2D eigenvalue weighted by molar-refractivity contribution is 5.67. The maximum Gasteiger partial charge on any atom is 0.303 e. The molecule has 2 aromatic rings. The minimum atomic E-state index is -0.822. The van der Waals surface area contributed by atoms with E-state index < -0.39 is 5.97 Å². The van der Waals surface area contributed by atoms with E-state index in [0.717, 1.165) is 17.0 Å². The van der Waals surface area contributed by atoms with Crippen molar-refractivity contribution in [3.63, 3.8) is 0 Å². The van der Waals surface area contributed by atoms with Gasteiger partial charge in [-0.05, 0) is 29.8 Å². The van der Waals surface area contributed by atoms with Crippen LogP contribution in [-0.2, 0) is 11.2 Å². The number of nitrogens with zero attached hydrogens (tertiary/aromatic N) is 1. The Kier molecular flexibility index (Phi) is 3.62. The van der Waals surface area contributed by atoms with E-state index >= 15 is 0 Å². The standard InChI is InChI=1S/C13H14N2O3/c1-18-10-4-2-9(3-5-10)11-8-14-12(15-11)6-7-13(16)17/h2-5,8H,6-7H2,1H3,(H,14,15)(H,16,17). The summed E-state index contributed by atoms with van der Waals surface area (Å²) in [6.45, 7) is 0. The fraction of sp³-hybridized carbons (Fsp3) is 0.231.